The molecule has 1 aromatic heterocycles. The molecule has 0 saturated carbocycles. The molecule has 0 aliphatic heterocycles. The predicted octanol–water partition coefficient (Wildman–Crippen LogP) is 0.447. The van der Waals surface area contributed by atoms with Gasteiger partial charge in [0.1, 0.15) is 10.7 Å². The quantitative estimate of drug-likeness (QED) is 0.573. The van der Waals surface area contributed by atoms with E-state index in [0.29, 0.717) is 25.2 Å². The molecule has 7 nitrogen and oxygen atoms in total. The van der Waals surface area contributed by atoms with Crippen molar-refractivity contribution in [2.24, 2.45) is 5.73 Å². The van der Waals surface area contributed by atoms with Gasteiger partial charge in [-0.1, -0.05) is 0 Å². The van der Waals surface area contributed by atoms with Gasteiger partial charge in [-0.2, -0.15) is 0 Å². The van der Waals surface area contributed by atoms with Gasteiger partial charge < -0.3 is 11.1 Å². The molecule has 0 spiro atoms. The fraction of sp³-hybridized carbons (Fsp3) is 0.500. The van der Waals surface area contributed by atoms with Gasteiger partial charge in [0.05, 0.1) is 0 Å². The summed E-state index contributed by atoms with van der Waals surface area (Å²) in [7, 11) is -3.61. The molecule has 0 atom stereocenters. The van der Waals surface area contributed by atoms with E-state index < -0.39 is 10.0 Å². The van der Waals surface area contributed by atoms with Crippen LogP contribution in [0.5, 0.6) is 0 Å². The Labute approximate surface area is 119 Å². The van der Waals surface area contributed by atoms with Crippen molar-refractivity contribution >= 4 is 21.7 Å². The summed E-state index contributed by atoms with van der Waals surface area (Å²) in [6, 6.07) is 3.07. The van der Waals surface area contributed by atoms with Crippen molar-refractivity contribution in [1.29, 1.82) is 0 Å². The number of carbonyl (C=O) groups is 1. The lowest BCUT2D eigenvalue weighted by atomic mass is 10.2. The van der Waals surface area contributed by atoms with Gasteiger partial charge >= 0.3 is 0 Å². The van der Waals surface area contributed by atoms with E-state index in [-0.39, 0.29) is 23.8 Å². The molecule has 0 aromatic carbocycles. The number of hydrogen-bond acceptors (Lipinski definition) is 5. The number of nitrogens with one attached hydrogen (secondary N) is 2. The molecule has 1 amide bonds. The zero-order valence-electron chi connectivity index (χ0n) is 11.4. The van der Waals surface area contributed by atoms with Crippen molar-refractivity contribution in [2.45, 2.75) is 31.1 Å². The van der Waals surface area contributed by atoms with Crippen LogP contribution in [-0.2, 0) is 14.8 Å². The maximum absolute atomic E-state index is 12.1. The molecule has 8 heteroatoms. The minimum absolute atomic E-state index is 0.122. The van der Waals surface area contributed by atoms with E-state index >= 15 is 0 Å². The normalized spacial score (nSPS) is 11.2. The number of carbonyl (C=O) groups excluding carboxylic acids is 1. The number of hydrogen-bond donors (Lipinski definition) is 3. The molecule has 0 fully saturated rings. The van der Waals surface area contributed by atoms with Crippen LogP contribution < -0.4 is 15.8 Å². The number of pyridine rings is 1. The van der Waals surface area contributed by atoms with Crippen molar-refractivity contribution in [2.75, 3.05) is 18.4 Å². The molecular weight excluding hydrogens is 280 g/mol. The van der Waals surface area contributed by atoms with E-state index in [1.807, 2.05) is 6.92 Å². The maximum atomic E-state index is 12.1. The van der Waals surface area contributed by atoms with E-state index in [9.17, 15) is 13.2 Å². The lowest BCUT2D eigenvalue weighted by Crippen LogP contribution is -2.26. The third kappa shape index (κ3) is 5.14. The Kier molecular flexibility index (Phi) is 6.40. The second kappa shape index (κ2) is 7.81. The lowest BCUT2D eigenvalue weighted by molar-refractivity contribution is -0.118. The average Bonchev–Trinajstić information content (AvgIpc) is 2.38. The van der Waals surface area contributed by atoms with Gasteiger partial charge in [-0.05, 0) is 31.9 Å². The summed E-state index contributed by atoms with van der Waals surface area (Å²) in [5.74, 6) is -0.0471. The molecule has 0 unspecified atom stereocenters. The van der Waals surface area contributed by atoms with Crippen LogP contribution in [0.2, 0.25) is 0 Å². The Morgan fingerprint density at radius 3 is 2.80 bits per heavy atom. The standard InChI is InChI=1S/C12H20N4O3S/c1-2-14-12-10(6-5-8-15-12)20(18,19)16-9-4-3-7-11(13)17/h5-6,8,16H,2-4,7,9H2,1H3,(H2,13,17)(H,14,15). The van der Waals surface area contributed by atoms with Crippen LogP contribution in [0.4, 0.5) is 5.82 Å². The van der Waals surface area contributed by atoms with Crippen LogP contribution in [0.15, 0.2) is 23.2 Å². The SMILES string of the molecule is CCNc1ncccc1S(=O)(=O)NCCCCC(N)=O. The van der Waals surface area contributed by atoms with Crippen LogP contribution in [-0.4, -0.2) is 32.4 Å². The van der Waals surface area contributed by atoms with Gasteiger partial charge in [-0.25, -0.2) is 18.1 Å². The minimum atomic E-state index is -3.61. The maximum Gasteiger partial charge on any atom is 0.244 e. The summed E-state index contributed by atoms with van der Waals surface area (Å²) in [5, 5.41) is 2.91. The largest absolute Gasteiger partial charge is 0.370 e. The average molecular weight is 300 g/mol. The monoisotopic (exact) mass is 300 g/mol. The molecule has 1 rings (SSSR count). The first kappa shape index (κ1) is 16.4. The van der Waals surface area contributed by atoms with E-state index in [1.54, 1.807) is 6.07 Å². The first-order valence-electron chi connectivity index (χ1n) is 6.44. The summed E-state index contributed by atoms with van der Waals surface area (Å²) in [4.78, 5) is 14.7. The Balaban J connectivity index is 2.62. The fourth-order valence-corrected chi connectivity index (χ4v) is 2.82. The highest BCUT2D eigenvalue weighted by atomic mass is 32.2. The Hall–Kier alpha value is -1.67. The van der Waals surface area contributed by atoms with Crippen LogP contribution >= 0.6 is 0 Å². The van der Waals surface area contributed by atoms with Gasteiger partial charge in [0, 0.05) is 25.7 Å². The molecule has 0 aliphatic carbocycles. The van der Waals surface area contributed by atoms with Gasteiger partial charge in [0.2, 0.25) is 15.9 Å². The van der Waals surface area contributed by atoms with E-state index in [1.165, 1.54) is 12.3 Å². The first-order valence-corrected chi connectivity index (χ1v) is 7.92. The number of primary amides is 1. The zero-order valence-corrected chi connectivity index (χ0v) is 12.2. The molecule has 4 N–H and O–H groups in total. The Bertz CT molecular complexity index is 545. The molecule has 112 valence electrons. The van der Waals surface area contributed by atoms with Crippen LogP contribution in [0, 0.1) is 0 Å². The van der Waals surface area contributed by atoms with Gasteiger partial charge in [0.15, 0.2) is 0 Å². The van der Waals surface area contributed by atoms with Gasteiger partial charge in [-0.3, -0.25) is 4.79 Å². The minimum Gasteiger partial charge on any atom is -0.370 e. The van der Waals surface area contributed by atoms with Crippen LogP contribution in [0.1, 0.15) is 26.2 Å². The topological polar surface area (TPSA) is 114 Å². The number of rotatable bonds is 9. The van der Waals surface area contributed by atoms with Crippen molar-refractivity contribution in [3.8, 4) is 0 Å². The Morgan fingerprint density at radius 1 is 1.40 bits per heavy atom. The molecule has 0 saturated heterocycles. The number of unbranched alkanes of at least 4 members (excludes halogenated alkanes) is 1. The van der Waals surface area contributed by atoms with E-state index in [0.717, 1.165) is 0 Å². The number of sulfonamides is 1. The first-order chi connectivity index (χ1) is 9.47. The molecule has 1 heterocycles. The molecule has 0 bridgehead atoms. The predicted molar refractivity (Wildman–Crippen MR) is 76.6 cm³/mol. The van der Waals surface area contributed by atoms with Gasteiger partial charge in [0.25, 0.3) is 0 Å². The number of nitrogens with two attached hydrogens (primary N) is 1. The summed E-state index contributed by atoms with van der Waals surface area (Å²) in [6.07, 6.45) is 2.91. The summed E-state index contributed by atoms with van der Waals surface area (Å²) < 4.78 is 26.8. The molecule has 20 heavy (non-hydrogen) atoms. The van der Waals surface area contributed by atoms with E-state index in [4.69, 9.17) is 5.73 Å². The zero-order chi connectivity index (χ0) is 15.0. The number of nitrogens with zero attached hydrogens (tertiary/aromatic N) is 1. The fourth-order valence-electron chi connectivity index (χ4n) is 1.62. The number of aromatic nitrogens is 1. The number of anilines is 1. The second-order valence-electron chi connectivity index (χ2n) is 4.20. The molecule has 0 radical (unpaired) electrons. The van der Waals surface area contributed by atoms with Gasteiger partial charge in [-0.15, -0.1) is 0 Å². The van der Waals surface area contributed by atoms with E-state index in [2.05, 4.69) is 15.0 Å². The smallest absolute Gasteiger partial charge is 0.244 e. The molecular formula is C12H20N4O3S. The highest BCUT2D eigenvalue weighted by Gasteiger charge is 2.18. The second-order valence-corrected chi connectivity index (χ2v) is 5.94. The van der Waals surface area contributed by atoms with Crippen molar-refractivity contribution < 1.29 is 13.2 Å². The van der Waals surface area contributed by atoms with Crippen molar-refractivity contribution in [3.63, 3.8) is 0 Å². The number of amides is 1. The van der Waals surface area contributed by atoms with Crippen molar-refractivity contribution in [1.82, 2.24) is 9.71 Å². The highest BCUT2D eigenvalue weighted by molar-refractivity contribution is 7.89. The third-order valence-electron chi connectivity index (χ3n) is 2.55. The summed E-state index contributed by atoms with van der Waals surface area (Å²) in [5.41, 5.74) is 5.01. The molecule has 0 aliphatic rings. The summed E-state index contributed by atoms with van der Waals surface area (Å²) in [6.45, 7) is 2.70. The highest BCUT2D eigenvalue weighted by Crippen LogP contribution is 2.17. The van der Waals surface area contributed by atoms with Crippen LogP contribution in [0.3, 0.4) is 0 Å². The third-order valence-corrected chi connectivity index (χ3v) is 4.04. The molecule has 1 aromatic rings. The lowest BCUT2D eigenvalue weighted by Gasteiger charge is -2.11. The van der Waals surface area contributed by atoms with Crippen LogP contribution in [0.25, 0.3) is 0 Å². The summed E-state index contributed by atoms with van der Waals surface area (Å²) >= 11 is 0. The van der Waals surface area contributed by atoms with Crippen molar-refractivity contribution in [3.05, 3.63) is 18.3 Å². The Morgan fingerprint density at radius 2 is 2.15 bits per heavy atom.